The van der Waals surface area contributed by atoms with Gasteiger partial charge in [0.05, 0.1) is 0 Å². The van der Waals surface area contributed by atoms with Crippen molar-refractivity contribution in [2.45, 2.75) is 6.61 Å². The van der Waals surface area contributed by atoms with Crippen LogP contribution in [0.5, 0.6) is 0 Å². The highest BCUT2D eigenvalue weighted by atomic mass is 35.5. The van der Waals surface area contributed by atoms with Gasteiger partial charge in [0, 0.05) is 21.7 Å². The SMILES string of the molecule is Nc1ccc2oc(C(=O)OCc3ccccc3Cl)cc2c1. The maximum absolute atomic E-state index is 12.0. The van der Waals surface area contributed by atoms with E-state index in [0.717, 1.165) is 10.9 Å². The zero-order valence-corrected chi connectivity index (χ0v) is 11.8. The summed E-state index contributed by atoms with van der Waals surface area (Å²) in [5.41, 5.74) is 7.63. The molecule has 1 aromatic heterocycles. The minimum absolute atomic E-state index is 0.0949. The van der Waals surface area contributed by atoms with Crippen LogP contribution in [0, 0.1) is 0 Å². The Hall–Kier alpha value is -2.46. The standard InChI is InChI=1S/C16H12ClNO3/c17-13-4-2-1-3-10(13)9-20-16(19)15-8-11-7-12(18)5-6-14(11)21-15/h1-8H,9,18H2. The van der Waals surface area contributed by atoms with Crippen molar-refractivity contribution in [2.24, 2.45) is 0 Å². The minimum Gasteiger partial charge on any atom is -0.455 e. The number of rotatable bonds is 3. The molecule has 106 valence electrons. The van der Waals surface area contributed by atoms with Crippen molar-refractivity contribution in [3.05, 3.63) is 64.9 Å². The summed E-state index contributed by atoms with van der Waals surface area (Å²) in [4.78, 5) is 12.0. The quantitative estimate of drug-likeness (QED) is 0.586. The van der Waals surface area contributed by atoms with E-state index in [1.165, 1.54) is 0 Å². The first-order valence-corrected chi connectivity index (χ1v) is 6.71. The normalized spacial score (nSPS) is 10.7. The van der Waals surface area contributed by atoms with Gasteiger partial charge < -0.3 is 14.9 Å². The average molecular weight is 302 g/mol. The molecule has 5 heteroatoms. The van der Waals surface area contributed by atoms with Gasteiger partial charge in [-0.1, -0.05) is 29.8 Å². The number of carbonyl (C=O) groups is 1. The van der Waals surface area contributed by atoms with Crippen LogP contribution in [0.25, 0.3) is 11.0 Å². The van der Waals surface area contributed by atoms with E-state index in [4.69, 9.17) is 26.5 Å². The van der Waals surface area contributed by atoms with E-state index in [2.05, 4.69) is 0 Å². The molecule has 0 aliphatic carbocycles. The van der Waals surface area contributed by atoms with Crippen LogP contribution >= 0.6 is 11.6 Å². The fraction of sp³-hybridized carbons (Fsp3) is 0.0625. The maximum Gasteiger partial charge on any atom is 0.374 e. The second-order valence-corrected chi connectivity index (χ2v) is 4.98. The highest BCUT2D eigenvalue weighted by Crippen LogP contribution is 2.23. The Morgan fingerprint density at radius 3 is 2.81 bits per heavy atom. The Morgan fingerprint density at radius 1 is 1.19 bits per heavy atom. The molecule has 0 bridgehead atoms. The van der Waals surface area contributed by atoms with E-state index in [1.54, 1.807) is 36.4 Å². The fourth-order valence-electron chi connectivity index (χ4n) is 1.99. The average Bonchev–Trinajstić information content (AvgIpc) is 2.89. The number of benzene rings is 2. The van der Waals surface area contributed by atoms with Crippen LogP contribution in [-0.2, 0) is 11.3 Å². The number of anilines is 1. The van der Waals surface area contributed by atoms with Crippen molar-refractivity contribution < 1.29 is 13.9 Å². The number of fused-ring (bicyclic) bond motifs is 1. The Bertz CT molecular complexity index is 810. The number of nitrogen functional groups attached to an aromatic ring is 1. The van der Waals surface area contributed by atoms with Crippen molar-refractivity contribution in [3.63, 3.8) is 0 Å². The molecular formula is C16H12ClNO3. The topological polar surface area (TPSA) is 65.5 Å². The molecule has 3 aromatic rings. The lowest BCUT2D eigenvalue weighted by atomic mass is 10.2. The van der Waals surface area contributed by atoms with Crippen LogP contribution in [-0.4, -0.2) is 5.97 Å². The van der Waals surface area contributed by atoms with Crippen LogP contribution in [0.1, 0.15) is 16.1 Å². The molecule has 2 aromatic carbocycles. The van der Waals surface area contributed by atoms with Gasteiger partial charge in [0.2, 0.25) is 5.76 Å². The second-order valence-electron chi connectivity index (χ2n) is 4.58. The van der Waals surface area contributed by atoms with Crippen LogP contribution in [0.4, 0.5) is 5.69 Å². The third-order valence-electron chi connectivity index (χ3n) is 3.06. The van der Waals surface area contributed by atoms with Gasteiger partial charge in [0.15, 0.2) is 0 Å². The zero-order chi connectivity index (χ0) is 14.8. The van der Waals surface area contributed by atoms with E-state index < -0.39 is 5.97 Å². The summed E-state index contributed by atoms with van der Waals surface area (Å²) in [7, 11) is 0. The summed E-state index contributed by atoms with van der Waals surface area (Å²) in [5.74, 6) is -0.396. The second kappa shape index (κ2) is 5.50. The van der Waals surface area contributed by atoms with E-state index in [-0.39, 0.29) is 12.4 Å². The van der Waals surface area contributed by atoms with Crippen LogP contribution in [0.3, 0.4) is 0 Å². The highest BCUT2D eigenvalue weighted by Gasteiger charge is 2.14. The van der Waals surface area contributed by atoms with E-state index >= 15 is 0 Å². The molecule has 0 atom stereocenters. The summed E-state index contributed by atoms with van der Waals surface area (Å²) in [5, 5.41) is 1.32. The van der Waals surface area contributed by atoms with E-state index in [1.807, 2.05) is 12.1 Å². The third-order valence-corrected chi connectivity index (χ3v) is 3.43. The lowest BCUT2D eigenvalue weighted by Crippen LogP contribution is -2.04. The largest absolute Gasteiger partial charge is 0.455 e. The summed E-state index contributed by atoms with van der Waals surface area (Å²) >= 11 is 6.01. The van der Waals surface area contributed by atoms with Gasteiger partial charge >= 0.3 is 5.97 Å². The Labute approximate surface area is 126 Å². The molecule has 0 aliphatic heterocycles. The van der Waals surface area contributed by atoms with Crippen LogP contribution < -0.4 is 5.73 Å². The smallest absolute Gasteiger partial charge is 0.374 e. The van der Waals surface area contributed by atoms with Crippen molar-refractivity contribution in [3.8, 4) is 0 Å². The monoisotopic (exact) mass is 301 g/mol. The highest BCUT2D eigenvalue weighted by molar-refractivity contribution is 6.31. The molecule has 0 fully saturated rings. The molecule has 4 nitrogen and oxygen atoms in total. The minimum atomic E-state index is -0.537. The molecule has 3 rings (SSSR count). The number of nitrogens with two attached hydrogens (primary N) is 1. The first kappa shape index (κ1) is 13.5. The predicted octanol–water partition coefficient (Wildman–Crippen LogP) is 4.03. The molecule has 1 heterocycles. The number of furan rings is 1. The van der Waals surface area contributed by atoms with Crippen molar-refractivity contribution >= 4 is 34.2 Å². The molecule has 0 amide bonds. The van der Waals surface area contributed by atoms with Gasteiger partial charge in [-0.05, 0) is 30.3 Å². The molecule has 0 unspecified atom stereocenters. The number of ether oxygens (including phenoxy) is 1. The summed E-state index contributed by atoms with van der Waals surface area (Å²) in [6.45, 7) is 0.0949. The number of halogens is 1. The molecule has 0 saturated carbocycles. The third kappa shape index (κ3) is 2.85. The molecule has 21 heavy (non-hydrogen) atoms. The molecule has 0 radical (unpaired) electrons. The maximum atomic E-state index is 12.0. The van der Waals surface area contributed by atoms with Crippen LogP contribution in [0.2, 0.25) is 5.02 Å². The zero-order valence-electron chi connectivity index (χ0n) is 11.0. The van der Waals surface area contributed by atoms with E-state index in [0.29, 0.717) is 16.3 Å². The Morgan fingerprint density at radius 2 is 2.00 bits per heavy atom. The van der Waals surface area contributed by atoms with Crippen molar-refractivity contribution in [1.29, 1.82) is 0 Å². The van der Waals surface area contributed by atoms with Crippen LogP contribution in [0.15, 0.2) is 52.9 Å². The van der Waals surface area contributed by atoms with Crippen molar-refractivity contribution in [2.75, 3.05) is 5.73 Å². The summed E-state index contributed by atoms with van der Waals surface area (Å²) in [6, 6.07) is 14.0. The molecule has 0 saturated heterocycles. The molecule has 0 aliphatic rings. The molecular weight excluding hydrogens is 290 g/mol. The lowest BCUT2D eigenvalue weighted by molar-refractivity contribution is 0.0439. The predicted molar refractivity (Wildman–Crippen MR) is 81.2 cm³/mol. The van der Waals surface area contributed by atoms with Gasteiger partial charge in [0.25, 0.3) is 0 Å². The van der Waals surface area contributed by atoms with Gasteiger partial charge in [0.1, 0.15) is 12.2 Å². The van der Waals surface area contributed by atoms with E-state index in [9.17, 15) is 4.79 Å². The number of hydrogen-bond acceptors (Lipinski definition) is 4. The van der Waals surface area contributed by atoms with Gasteiger partial charge in [-0.2, -0.15) is 0 Å². The Balaban J connectivity index is 1.76. The van der Waals surface area contributed by atoms with Gasteiger partial charge in [-0.25, -0.2) is 4.79 Å². The summed E-state index contributed by atoms with van der Waals surface area (Å²) < 4.78 is 10.6. The summed E-state index contributed by atoms with van der Waals surface area (Å²) in [6.07, 6.45) is 0. The Kier molecular flexibility index (Phi) is 3.54. The number of hydrogen-bond donors (Lipinski definition) is 1. The van der Waals surface area contributed by atoms with Gasteiger partial charge in [-0.3, -0.25) is 0 Å². The number of carbonyl (C=O) groups excluding carboxylic acids is 1. The fourth-order valence-corrected chi connectivity index (χ4v) is 2.18. The first-order valence-electron chi connectivity index (χ1n) is 6.33. The van der Waals surface area contributed by atoms with Gasteiger partial charge in [-0.15, -0.1) is 0 Å². The van der Waals surface area contributed by atoms with Crippen molar-refractivity contribution in [1.82, 2.24) is 0 Å². The molecule has 2 N–H and O–H groups in total. The first-order chi connectivity index (χ1) is 10.1. The number of esters is 1. The lowest BCUT2D eigenvalue weighted by Gasteiger charge is -2.04. The molecule has 0 spiro atoms.